The topological polar surface area (TPSA) is 128 Å². The van der Waals surface area contributed by atoms with E-state index in [9.17, 15) is 19.7 Å². The van der Waals surface area contributed by atoms with Crippen LogP contribution in [0.2, 0.25) is 0 Å². The third-order valence-corrected chi connectivity index (χ3v) is 7.25. The van der Waals surface area contributed by atoms with Crippen molar-refractivity contribution in [2.24, 2.45) is 0 Å². The zero-order chi connectivity index (χ0) is 27.7. The summed E-state index contributed by atoms with van der Waals surface area (Å²) in [5.41, 5.74) is 2.91. The third kappa shape index (κ3) is 7.02. The number of nitrogens with zero attached hydrogens (tertiary/aromatic N) is 1. The number of non-ortho nitro benzene ring substituents is 1. The molecule has 0 spiro atoms. The summed E-state index contributed by atoms with van der Waals surface area (Å²) in [5.74, 6) is -1.37. The predicted molar refractivity (Wildman–Crippen MR) is 145 cm³/mol. The van der Waals surface area contributed by atoms with Crippen LogP contribution >= 0.6 is 11.8 Å². The van der Waals surface area contributed by atoms with Crippen LogP contribution in [0.4, 0.5) is 5.69 Å². The van der Waals surface area contributed by atoms with Crippen molar-refractivity contribution in [2.75, 3.05) is 26.1 Å². The van der Waals surface area contributed by atoms with Crippen molar-refractivity contribution in [3.8, 4) is 0 Å². The molecule has 2 N–H and O–H groups in total. The van der Waals surface area contributed by atoms with Crippen LogP contribution in [0.25, 0.3) is 0 Å². The van der Waals surface area contributed by atoms with Gasteiger partial charge in [-0.15, -0.1) is 11.8 Å². The Balaban J connectivity index is 1.77. The first-order valence-corrected chi connectivity index (χ1v) is 13.3. The number of nitro benzene ring substituents is 1. The van der Waals surface area contributed by atoms with Crippen LogP contribution in [0.3, 0.4) is 0 Å². The van der Waals surface area contributed by atoms with E-state index < -0.39 is 22.8 Å². The number of esters is 2. The van der Waals surface area contributed by atoms with E-state index >= 15 is 0 Å². The molecule has 0 saturated heterocycles. The fraction of sp³-hybridized carbons (Fsp3) is 0.357. The molecule has 1 aliphatic rings. The first-order chi connectivity index (χ1) is 18.3. The van der Waals surface area contributed by atoms with Crippen molar-refractivity contribution < 1.29 is 29.1 Å². The number of aliphatic hydroxyl groups excluding tert-OH is 1. The minimum Gasteiger partial charge on any atom is -0.466 e. The second-order valence-corrected chi connectivity index (χ2v) is 9.81. The van der Waals surface area contributed by atoms with Crippen LogP contribution in [0.5, 0.6) is 0 Å². The smallest absolute Gasteiger partial charge is 0.336 e. The second kappa shape index (κ2) is 13.8. The molecule has 0 fully saturated rings. The summed E-state index contributed by atoms with van der Waals surface area (Å²) in [6.45, 7) is 3.87. The summed E-state index contributed by atoms with van der Waals surface area (Å²) in [4.78, 5) is 38.2. The van der Waals surface area contributed by atoms with Gasteiger partial charge in [-0.05, 0) is 49.4 Å². The average Bonchev–Trinajstić information content (AvgIpc) is 2.92. The number of benzene rings is 2. The fourth-order valence-electron chi connectivity index (χ4n) is 4.32. The number of ether oxygens (including phenoxy) is 2. The third-order valence-electron chi connectivity index (χ3n) is 6.15. The van der Waals surface area contributed by atoms with Crippen molar-refractivity contribution in [1.82, 2.24) is 5.32 Å². The molecule has 0 saturated carbocycles. The molecule has 1 atom stereocenters. The van der Waals surface area contributed by atoms with Crippen molar-refractivity contribution in [1.29, 1.82) is 0 Å². The monoisotopic (exact) mass is 540 g/mol. The minimum atomic E-state index is -0.877. The first-order valence-electron chi connectivity index (χ1n) is 12.3. The quantitative estimate of drug-likeness (QED) is 0.130. The molecule has 202 valence electrons. The molecule has 2 aromatic carbocycles. The van der Waals surface area contributed by atoms with Gasteiger partial charge in [-0.1, -0.05) is 31.2 Å². The molecule has 9 nitrogen and oxygen atoms in total. The lowest BCUT2D eigenvalue weighted by molar-refractivity contribution is -0.384. The fourth-order valence-corrected chi connectivity index (χ4v) is 5.15. The number of dihydropyridines is 1. The van der Waals surface area contributed by atoms with Gasteiger partial charge in [0.05, 0.1) is 35.7 Å². The number of hydrogen-bond donors (Lipinski definition) is 2. The molecule has 0 aliphatic carbocycles. The van der Waals surface area contributed by atoms with Crippen LogP contribution in [0.1, 0.15) is 43.7 Å². The van der Waals surface area contributed by atoms with Gasteiger partial charge in [0.15, 0.2) is 0 Å². The van der Waals surface area contributed by atoms with E-state index in [1.807, 2.05) is 31.2 Å². The van der Waals surface area contributed by atoms with Gasteiger partial charge in [0, 0.05) is 40.8 Å². The summed E-state index contributed by atoms with van der Waals surface area (Å²) in [6.07, 6.45) is 1.69. The van der Waals surface area contributed by atoms with E-state index in [0.717, 1.165) is 16.2 Å². The number of aliphatic hydroxyl groups is 1. The van der Waals surface area contributed by atoms with Crippen molar-refractivity contribution in [3.05, 3.63) is 92.3 Å². The number of thioether (sulfide) groups is 1. The molecule has 38 heavy (non-hydrogen) atoms. The Morgan fingerprint density at radius 2 is 1.87 bits per heavy atom. The van der Waals surface area contributed by atoms with Gasteiger partial charge in [0.1, 0.15) is 0 Å². The van der Waals surface area contributed by atoms with E-state index in [1.165, 1.54) is 25.3 Å². The lowest BCUT2D eigenvalue weighted by atomic mass is 9.79. The van der Waals surface area contributed by atoms with Gasteiger partial charge >= 0.3 is 11.9 Å². The van der Waals surface area contributed by atoms with Crippen LogP contribution in [0, 0.1) is 10.1 Å². The summed E-state index contributed by atoms with van der Waals surface area (Å²) in [5, 5.41) is 23.6. The standard InChI is InChI=1S/C28H32N2O7S/c1-4-23-26(27(32)36-3)25(20-7-5-8-21(17-20)30(34)35)24(18(2)29-23)28(33)37-15-6-16-38-22-11-9-19(10-12-22)13-14-31/h5,7-12,17,25,29,31H,4,6,13-16H2,1-3H3. The van der Waals surface area contributed by atoms with E-state index in [2.05, 4.69) is 5.32 Å². The largest absolute Gasteiger partial charge is 0.466 e. The SMILES string of the molecule is CCC1=C(C(=O)OC)C(c2cccc([N+](=O)[O-])c2)C(C(=O)OCCCSc2ccc(CCO)cc2)=C(C)N1. The highest BCUT2D eigenvalue weighted by Crippen LogP contribution is 2.40. The molecule has 0 bridgehead atoms. The first kappa shape index (κ1) is 28.9. The van der Waals surface area contributed by atoms with Gasteiger partial charge < -0.3 is 19.9 Å². The van der Waals surface area contributed by atoms with Crippen LogP contribution in [-0.2, 0) is 25.5 Å². The van der Waals surface area contributed by atoms with Crippen LogP contribution in [-0.4, -0.2) is 48.0 Å². The summed E-state index contributed by atoms with van der Waals surface area (Å²) in [6, 6.07) is 13.9. The lowest BCUT2D eigenvalue weighted by Gasteiger charge is -2.31. The molecule has 0 amide bonds. The summed E-state index contributed by atoms with van der Waals surface area (Å²) < 4.78 is 10.6. The number of allylic oxidation sites excluding steroid dienone is 2. The molecular weight excluding hydrogens is 508 g/mol. The van der Waals surface area contributed by atoms with Gasteiger partial charge in [0.2, 0.25) is 0 Å². The van der Waals surface area contributed by atoms with Gasteiger partial charge in [0.25, 0.3) is 5.69 Å². The Morgan fingerprint density at radius 1 is 1.13 bits per heavy atom. The Bertz CT molecular complexity index is 1240. The van der Waals surface area contributed by atoms with E-state index in [0.29, 0.717) is 36.2 Å². The number of carbonyl (C=O) groups excluding carboxylic acids is 2. The Hall–Kier alpha value is -3.63. The Morgan fingerprint density at radius 3 is 2.50 bits per heavy atom. The van der Waals surface area contributed by atoms with E-state index in [-0.39, 0.29) is 30.0 Å². The highest BCUT2D eigenvalue weighted by atomic mass is 32.2. The number of nitrogens with one attached hydrogen (secondary N) is 1. The van der Waals surface area contributed by atoms with E-state index in [4.69, 9.17) is 14.6 Å². The maximum atomic E-state index is 13.3. The maximum Gasteiger partial charge on any atom is 0.336 e. The highest BCUT2D eigenvalue weighted by molar-refractivity contribution is 7.99. The maximum absolute atomic E-state index is 13.3. The number of rotatable bonds is 12. The Kier molecular flexibility index (Phi) is 10.5. The molecule has 0 radical (unpaired) electrons. The molecule has 3 rings (SSSR count). The molecule has 2 aromatic rings. The molecule has 1 unspecified atom stereocenters. The van der Waals surface area contributed by atoms with Gasteiger partial charge in [-0.2, -0.15) is 0 Å². The van der Waals surface area contributed by atoms with Crippen molar-refractivity contribution >= 4 is 29.4 Å². The predicted octanol–water partition coefficient (Wildman–Crippen LogP) is 4.65. The number of carbonyl (C=O) groups is 2. The van der Waals surface area contributed by atoms with Crippen molar-refractivity contribution in [2.45, 2.75) is 43.9 Å². The normalized spacial score (nSPS) is 15.2. The number of hydrogen-bond acceptors (Lipinski definition) is 9. The minimum absolute atomic E-state index is 0.113. The average molecular weight is 541 g/mol. The summed E-state index contributed by atoms with van der Waals surface area (Å²) >= 11 is 1.64. The highest BCUT2D eigenvalue weighted by Gasteiger charge is 2.38. The molecule has 1 aliphatic heterocycles. The molecule has 10 heteroatoms. The lowest BCUT2D eigenvalue weighted by Crippen LogP contribution is -2.33. The van der Waals surface area contributed by atoms with E-state index in [1.54, 1.807) is 24.8 Å². The van der Waals surface area contributed by atoms with Crippen LogP contribution < -0.4 is 5.32 Å². The van der Waals surface area contributed by atoms with Gasteiger partial charge in [-0.3, -0.25) is 10.1 Å². The van der Waals surface area contributed by atoms with Crippen LogP contribution in [0.15, 0.2) is 76.0 Å². The number of nitro groups is 1. The number of methoxy groups -OCH3 is 1. The van der Waals surface area contributed by atoms with Gasteiger partial charge in [-0.25, -0.2) is 9.59 Å². The zero-order valence-corrected chi connectivity index (χ0v) is 22.5. The summed E-state index contributed by atoms with van der Waals surface area (Å²) in [7, 11) is 1.26. The zero-order valence-electron chi connectivity index (χ0n) is 21.7. The molecule has 0 aromatic heterocycles. The van der Waals surface area contributed by atoms with Crippen molar-refractivity contribution in [3.63, 3.8) is 0 Å². The molecule has 1 heterocycles. The molecular formula is C28H32N2O7S. The Labute approximate surface area is 226 Å². The second-order valence-electron chi connectivity index (χ2n) is 8.64.